The summed E-state index contributed by atoms with van der Waals surface area (Å²) in [7, 11) is 0. The van der Waals surface area contributed by atoms with Gasteiger partial charge in [-0.3, -0.25) is 4.79 Å². The molecule has 4 nitrogen and oxygen atoms in total. The summed E-state index contributed by atoms with van der Waals surface area (Å²) in [5.74, 6) is -1.87. The summed E-state index contributed by atoms with van der Waals surface area (Å²) in [5, 5.41) is 18.2. The number of allylic oxidation sites excluding steroid dienone is 3. The maximum Gasteiger partial charge on any atom is 0.331 e. The number of carboxylic acid groups (broad SMARTS) is 2. The second-order valence-electron chi connectivity index (χ2n) is 4.96. The molecular weight excluding hydrogens is 220 g/mol. The van der Waals surface area contributed by atoms with E-state index in [4.69, 9.17) is 10.2 Å². The molecule has 92 valence electrons. The van der Waals surface area contributed by atoms with Crippen molar-refractivity contribution in [3.63, 3.8) is 0 Å². The third kappa shape index (κ3) is 1.88. The van der Waals surface area contributed by atoms with Gasteiger partial charge < -0.3 is 10.2 Å². The minimum absolute atomic E-state index is 0.157. The minimum Gasteiger partial charge on any atom is -0.481 e. The number of hydrogen-bond donors (Lipinski definition) is 2. The van der Waals surface area contributed by atoms with E-state index in [0.29, 0.717) is 24.8 Å². The van der Waals surface area contributed by atoms with Crippen LogP contribution in [0.5, 0.6) is 0 Å². The molecule has 0 bridgehead atoms. The molecule has 0 radical (unpaired) electrons. The van der Waals surface area contributed by atoms with Crippen LogP contribution in [0.15, 0.2) is 22.3 Å². The molecule has 0 amide bonds. The SMILES string of the molecule is CC1=C(C(=O)O)CC(C)C2=C1CC(C(=O)O)C2. The third-order valence-electron chi connectivity index (χ3n) is 3.92. The van der Waals surface area contributed by atoms with Gasteiger partial charge in [-0.2, -0.15) is 0 Å². The van der Waals surface area contributed by atoms with Crippen molar-refractivity contribution in [3.05, 3.63) is 22.3 Å². The van der Waals surface area contributed by atoms with E-state index < -0.39 is 11.9 Å². The molecule has 17 heavy (non-hydrogen) atoms. The first-order valence-electron chi connectivity index (χ1n) is 5.80. The number of hydrogen-bond acceptors (Lipinski definition) is 2. The molecule has 0 heterocycles. The predicted molar refractivity (Wildman–Crippen MR) is 61.5 cm³/mol. The lowest BCUT2D eigenvalue weighted by molar-refractivity contribution is -0.141. The average Bonchev–Trinajstić information content (AvgIpc) is 2.68. The molecule has 0 aliphatic heterocycles. The second-order valence-corrected chi connectivity index (χ2v) is 4.96. The van der Waals surface area contributed by atoms with Gasteiger partial charge in [-0.05, 0) is 43.3 Å². The lowest BCUT2D eigenvalue weighted by Gasteiger charge is -2.23. The van der Waals surface area contributed by atoms with E-state index in [1.54, 1.807) is 6.92 Å². The van der Waals surface area contributed by atoms with E-state index >= 15 is 0 Å². The van der Waals surface area contributed by atoms with Gasteiger partial charge in [0.25, 0.3) is 0 Å². The first-order chi connectivity index (χ1) is 7.91. The largest absolute Gasteiger partial charge is 0.481 e. The highest BCUT2D eigenvalue weighted by Crippen LogP contribution is 2.45. The van der Waals surface area contributed by atoms with Crippen LogP contribution < -0.4 is 0 Å². The molecule has 0 saturated carbocycles. The van der Waals surface area contributed by atoms with E-state index in [0.717, 1.165) is 16.7 Å². The van der Waals surface area contributed by atoms with E-state index in [2.05, 4.69) is 0 Å². The Bertz CT molecular complexity index is 456. The van der Waals surface area contributed by atoms with Gasteiger partial charge >= 0.3 is 11.9 Å². The van der Waals surface area contributed by atoms with E-state index in [1.165, 1.54) is 0 Å². The van der Waals surface area contributed by atoms with Crippen molar-refractivity contribution in [2.45, 2.75) is 33.1 Å². The normalized spacial score (nSPS) is 28.4. The minimum atomic E-state index is -0.875. The fraction of sp³-hybridized carbons (Fsp3) is 0.538. The van der Waals surface area contributed by atoms with Crippen LogP contribution in [0.4, 0.5) is 0 Å². The van der Waals surface area contributed by atoms with Gasteiger partial charge in [-0.1, -0.05) is 12.5 Å². The third-order valence-corrected chi connectivity index (χ3v) is 3.92. The van der Waals surface area contributed by atoms with Gasteiger partial charge in [-0.15, -0.1) is 0 Å². The van der Waals surface area contributed by atoms with Crippen LogP contribution in [0.25, 0.3) is 0 Å². The van der Waals surface area contributed by atoms with Gasteiger partial charge in [0.1, 0.15) is 0 Å². The molecule has 0 aromatic rings. The van der Waals surface area contributed by atoms with Gasteiger partial charge in [0, 0.05) is 5.57 Å². The van der Waals surface area contributed by atoms with Gasteiger partial charge in [0.15, 0.2) is 0 Å². The fourth-order valence-electron chi connectivity index (χ4n) is 2.92. The smallest absolute Gasteiger partial charge is 0.331 e. The van der Waals surface area contributed by atoms with Crippen molar-refractivity contribution in [1.29, 1.82) is 0 Å². The first-order valence-corrected chi connectivity index (χ1v) is 5.80. The molecule has 0 spiro atoms. The predicted octanol–water partition coefficient (Wildman–Crippen LogP) is 2.22. The Morgan fingerprint density at radius 3 is 2.35 bits per heavy atom. The highest BCUT2D eigenvalue weighted by molar-refractivity contribution is 5.89. The molecule has 0 saturated heterocycles. The Hall–Kier alpha value is -1.58. The molecule has 0 fully saturated rings. The second kappa shape index (κ2) is 4.02. The highest BCUT2D eigenvalue weighted by atomic mass is 16.4. The monoisotopic (exact) mass is 236 g/mol. The van der Waals surface area contributed by atoms with Crippen molar-refractivity contribution in [3.8, 4) is 0 Å². The summed E-state index contributed by atoms with van der Waals surface area (Å²) < 4.78 is 0. The lowest BCUT2D eigenvalue weighted by atomic mass is 9.81. The zero-order valence-electron chi connectivity index (χ0n) is 9.99. The van der Waals surface area contributed by atoms with Crippen molar-refractivity contribution in [2.75, 3.05) is 0 Å². The van der Waals surface area contributed by atoms with Gasteiger partial charge in [0.05, 0.1) is 5.92 Å². The van der Waals surface area contributed by atoms with E-state index in [1.807, 2.05) is 6.92 Å². The molecule has 0 aromatic heterocycles. The maximum atomic E-state index is 11.1. The zero-order valence-corrected chi connectivity index (χ0v) is 9.99. The highest BCUT2D eigenvalue weighted by Gasteiger charge is 2.36. The van der Waals surface area contributed by atoms with Gasteiger partial charge in [-0.25, -0.2) is 4.79 Å². The molecule has 2 rings (SSSR count). The van der Waals surface area contributed by atoms with E-state index in [-0.39, 0.29) is 11.8 Å². The summed E-state index contributed by atoms with van der Waals surface area (Å²) in [6, 6.07) is 0. The summed E-state index contributed by atoms with van der Waals surface area (Å²) in [6.45, 7) is 3.78. The number of carbonyl (C=O) groups is 2. The van der Waals surface area contributed by atoms with Gasteiger partial charge in [0.2, 0.25) is 0 Å². The van der Waals surface area contributed by atoms with Crippen molar-refractivity contribution in [1.82, 2.24) is 0 Å². The van der Waals surface area contributed by atoms with Crippen LogP contribution >= 0.6 is 0 Å². The van der Waals surface area contributed by atoms with Crippen LogP contribution in [0.1, 0.15) is 33.1 Å². The Morgan fingerprint density at radius 2 is 1.82 bits per heavy atom. The Labute approximate surface area is 99.6 Å². The van der Waals surface area contributed by atoms with Crippen LogP contribution in [-0.4, -0.2) is 22.2 Å². The lowest BCUT2D eigenvalue weighted by Crippen LogP contribution is -2.15. The molecule has 0 aromatic carbocycles. The zero-order chi connectivity index (χ0) is 12.7. The summed E-state index contributed by atoms with van der Waals surface area (Å²) >= 11 is 0. The maximum absolute atomic E-state index is 11.1. The quantitative estimate of drug-likeness (QED) is 0.770. The molecule has 2 aliphatic rings. The number of rotatable bonds is 2. The molecule has 2 N–H and O–H groups in total. The van der Waals surface area contributed by atoms with E-state index in [9.17, 15) is 9.59 Å². The van der Waals surface area contributed by atoms with Crippen LogP contribution in [0.2, 0.25) is 0 Å². The summed E-state index contributed by atoms with van der Waals surface area (Å²) in [5.41, 5.74) is 3.37. The Morgan fingerprint density at radius 1 is 1.18 bits per heavy atom. The number of aliphatic carboxylic acids is 2. The van der Waals surface area contributed by atoms with Crippen molar-refractivity contribution < 1.29 is 19.8 Å². The van der Waals surface area contributed by atoms with Crippen LogP contribution in [0.3, 0.4) is 0 Å². The van der Waals surface area contributed by atoms with Crippen LogP contribution in [0, 0.1) is 11.8 Å². The number of carboxylic acids is 2. The fourth-order valence-corrected chi connectivity index (χ4v) is 2.92. The van der Waals surface area contributed by atoms with Crippen LogP contribution in [-0.2, 0) is 9.59 Å². The summed E-state index contributed by atoms with van der Waals surface area (Å²) in [4.78, 5) is 22.1. The molecular formula is C13H16O4. The van der Waals surface area contributed by atoms with Crippen molar-refractivity contribution in [2.24, 2.45) is 11.8 Å². The van der Waals surface area contributed by atoms with Crippen molar-refractivity contribution >= 4 is 11.9 Å². The molecule has 4 heteroatoms. The average molecular weight is 236 g/mol. The Balaban J connectivity index is 2.37. The topological polar surface area (TPSA) is 74.6 Å². The first kappa shape index (κ1) is 11.9. The Kier molecular flexibility index (Phi) is 2.81. The molecule has 2 atom stereocenters. The molecule has 2 unspecified atom stereocenters. The molecule has 2 aliphatic carbocycles. The summed E-state index contributed by atoms with van der Waals surface area (Å²) in [6.07, 6.45) is 1.58. The standard InChI is InChI=1S/C13H16O4/c1-6-3-11(13(16)17)7(2)10-5-8(12(14)15)4-9(6)10/h6,8H,3-5H2,1-2H3,(H,14,15)(H,16,17).